The minimum atomic E-state index is -1.30. The fourth-order valence-corrected chi connectivity index (χ4v) is 4.28. The number of amides is 4. The van der Waals surface area contributed by atoms with Crippen LogP contribution in [0.2, 0.25) is 10.0 Å². The Balaban J connectivity index is 1.81. The summed E-state index contributed by atoms with van der Waals surface area (Å²) in [5.41, 5.74) is 1.07. The molecule has 3 N–H and O–H groups in total. The van der Waals surface area contributed by atoms with E-state index in [-0.39, 0.29) is 38.1 Å². The van der Waals surface area contributed by atoms with Crippen LogP contribution in [0.5, 0.6) is 0 Å². The van der Waals surface area contributed by atoms with Crippen molar-refractivity contribution in [2.24, 2.45) is 0 Å². The lowest BCUT2D eigenvalue weighted by Crippen LogP contribution is -2.54. The lowest BCUT2D eigenvalue weighted by atomic mass is 10.1. The Hall–Kier alpha value is -4.41. The van der Waals surface area contributed by atoms with Crippen molar-refractivity contribution < 1.29 is 34.2 Å². The number of carboxylic acid groups (broad SMARTS) is 2. The Morgan fingerprint density at radius 2 is 1.49 bits per heavy atom. The molecule has 37 heavy (non-hydrogen) atoms. The highest BCUT2D eigenvalue weighted by molar-refractivity contribution is 6.43. The molecular weight excluding hydrogens is 525 g/mol. The number of benzene rings is 2. The van der Waals surface area contributed by atoms with Crippen molar-refractivity contribution in [3.63, 3.8) is 0 Å². The zero-order chi connectivity index (χ0) is 27.2. The number of hydrogen-bond acceptors (Lipinski definition) is 5. The smallest absolute Gasteiger partial charge is 0.335 e. The average molecular weight is 542 g/mol. The van der Waals surface area contributed by atoms with E-state index in [1.54, 1.807) is 24.5 Å². The maximum absolute atomic E-state index is 13.2. The van der Waals surface area contributed by atoms with Crippen molar-refractivity contribution >= 4 is 64.7 Å². The minimum absolute atomic E-state index is 0.104. The number of aromatic carboxylic acids is 2. The third kappa shape index (κ3) is 4.72. The summed E-state index contributed by atoms with van der Waals surface area (Å²) in [7, 11) is 0. The molecule has 0 aliphatic carbocycles. The lowest BCUT2D eigenvalue weighted by Gasteiger charge is -2.26. The summed E-state index contributed by atoms with van der Waals surface area (Å²) < 4.78 is 1.60. The number of aryl methyl sites for hydroxylation is 1. The second-order valence-electron chi connectivity index (χ2n) is 8.10. The minimum Gasteiger partial charge on any atom is -0.478 e. The molecule has 0 spiro atoms. The fourth-order valence-electron chi connectivity index (χ4n) is 3.99. The van der Waals surface area contributed by atoms with Crippen LogP contribution in [0.15, 0.2) is 48.0 Å². The number of nitrogens with one attached hydrogen (secondary N) is 1. The van der Waals surface area contributed by atoms with Gasteiger partial charge in [0.05, 0.1) is 26.9 Å². The van der Waals surface area contributed by atoms with Gasteiger partial charge in [-0.25, -0.2) is 19.3 Å². The van der Waals surface area contributed by atoms with E-state index < -0.39 is 29.8 Å². The first kappa shape index (κ1) is 25.7. The van der Waals surface area contributed by atoms with Gasteiger partial charge in [0.1, 0.15) is 5.57 Å². The molecule has 4 amide bonds. The molecule has 0 atom stereocenters. The van der Waals surface area contributed by atoms with Crippen molar-refractivity contribution in [3.05, 3.63) is 86.2 Å². The molecule has 1 aromatic heterocycles. The van der Waals surface area contributed by atoms with Gasteiger partial charge in [0.2, 0.25) is 0 Å². The van der Waals surface area contributed by atoms with Crippen LogP contribution in [-0.4, -0.2) is 44.6 Å². The monoisotopic (exact) mass is 541 g/mol. The van der Waals surface area contributed by atoms with E-state index in [0.717, 1.165) is 11.0 Å². The molecule has 0 radical (unpaired) electrons. The van der Waals surface area contributed by atoms with Crippen molar-refractivity contribution in [1.29, 1.82) is 0 Å². The van der Waals surface area contributed by atoms with Crippen LogP contribution >= 0.6 is 23.2 Å². The number of nitrogens with zero attached hydrogens (tertiary/aromatic N) is 2. The van der Waals surface area contributed by atoms with E-state index in [1.165, 1.54) is 36.4 Å². The Morgan fingerprint density at radius 3 is 2.05 bits per heavy atom. The van der Waals surface area contributed by atoms with Crippen LogP contribution in [0, 0.1) is 13.8 Å². The largest absolute Gasteiger partial charge is 0.478 e. The maximum Gasteiger partial charge on any atom is 0.335 e. The number of carboxylic acids is 2. The van der Waals surface area contributed by atoms with Crippen LogP contribution in [0.4, 0.5) is 10.5 Å². The Kier molecular flexibility index (Phi) is 6.64. The summed E-state index contributed by atoms with van der Waals surface area (Å²) in [4.78, 5) is 62.1. The van der Waals surface area contributed by atoms with E-state index in [9.17, 15) is 34.2 Å². The van der Waals surface area contributed by atoms with Crippen molar-refractivity contribution in [3.8, 4) is 5.69 Å². The zero-order valence-corrected chi connectivity index (χ0v) is 20.7. The van der Waals surface area contributed by atoms with E-state index in [2.05, 4.69) is 5.32 Å². The Bertz CT molecular complexity index is 1540. The maximum atomic E-state index is 13.2. The van der Waals surface area contributed by atoms with E-state index in [1.807, 2.05) is 0 Å². The molecule has 0 unspecified atom stereocenters. The first-order valence-electron chi connectivity index (χ1n) is 10.6. The van der Waals surface area contributed by atoms with Crippen molar-refractivity contribution in [2.75, 3.05) is 4.90 Å². The van der Waals surface area contributed by atoms with Crippen LogP contribution in [0.25, 0.3) is 11.8 Å². The molecule has 188 valence electrons. The number of urea groups is 1. The van der Waals surface area contributed by atoms with Crippen molar-refractivity contribution in [1.82, 2.24) is 9.88 Å². The van der Waals surface area contributed by atoms with Gasteiger partial charge in [-0.05, 0) is 68.0 Å². The standard InChI is InChI=1S/C25H17Cl2N3O7/c1-11-5-13(12(2)29(11)17-7-14(23(33)34)6-15(8-17)24(35)36)9-18-21(31)28-25(37)30(22(18)32)16-3-4-19(26)20(27)10-16/h3-10H,1-2H3,(H,33,34)(H,35,36)(H,28,31,37)/b18-9+. The quantitative estimate of drug-likeness (QED) is 0.319. The molecule has 2 aromatic carbocycles. The predicted octanol–water partition coefficient (Wildman–Crippen LogP) is 4.46. The van der Waals surface area contributed by atoms with E-state index in [0.29, 0.717) is 17.0 Å². The molecule has 3 aromatic rings. The summed E-state index contributed by atoms with van der Waals surface area (Å²) in [6.45, 7) is 3.34. The Morgan fingerprint density at radius 1 is 0.865 bits per heavy atom. The van der Waals surface area contributed by atoms with E-state index in [4.69, 9.17) is 23.2 Å². The second-order valence-corrected chi connectivity index (χ2v) is 8.91. The highest BCUT2D eigenvalue weighted by Gasteiger charge is 2.37. The second kappa shape index (κ2) is 9.57. The number of carbonyl (C=O) groups is 5. The van der Waals surface area contributed by atoms with Crippen LogP contribution < -0.4 is 10.2 Å². The number of imide groups is 2. The van der Waals surface area contributed by atoms with Gasteiger partial charge < -0.3 is 14.8 Å². The van der Waals surface area contributed by atoms with Crippen LogP contribution in [-0.2, 0) is 9.59 Å². The number of rotatable bonds is 5. The number of halogens is 2. The number of hydrogen-bond donors (Lipinski definition) is 3. The van der Waals surface area contributed by atoms with Crippen molar-refractivity contribution in [2.45, 2.75) is 13.8 Å². The zero-order valence-electron chi connectivity index (χ0n) is 19.2. The summed E-state index contributed by atoms with van der Waals surface area (Å²) in [6.07, 6.45) is 1.30. The first-order valence-corrected chi connectivity index (χ1v) is 11.3. The van der Waals surface area contributed by atoms with Gasteiger partial charge in [0.15, 0.2) is 0 Å². The van der Waals surface area contributed by atoms with Gasteiger partial charge >= 0.3 is 18.0 Å². The third-order valence-corrected chi connectivity index (χ3v) is 6.44. The fraction of sp³-hybridized carbons (Fsp3) is 0.0800. The molecule has 12 heteroatoms. The van der Waals surface area contributed by atoms with E-state index >= 15 is 0 Å². The average Bonchev–Trinajstić information content (AvgIpc) is 3.11. The van der Waals surface area contributed by atoms with Crippen LogP contribution in [0.1, 0.15) is 37.7 Å². The Labute approximate surface area is 219 Å². The van der Waals surface area contributed by atoms with Gasteiger partial charge in [-0.15, -0.1) is 0 Å². The van der Waals surface area contributed by atoms with Gasteiger partial charge in [0.25, 0.3) is 11.8 Å². The van der Waals surface area contributed by atoms with Gasteiger partial charge in [-0.1, -0.05) is 23.2 Å². The summed E-state index contributed by atoms with van der Waals surface area (Å²) in [5, 5.41) is 21.3. The molecule has 1 aliphatic heterocycles. The summed E-state index contributed by atoms with van der Waals surface area (Å²) >= 11 is 11.9. The van der Waals surface area contributed by atoms with Gasteiger partial charge in [-0.2, -0.15) is 0 Å². The summed E-state index contributed by atoms with van der Waals surface area (Å²) in [5.74, 6) is -4.40. The highest BCUT2D eigenvalue weighted by atomic mass is 35.5. The third-order valence-electron chi connectivity index (χ3n) is 5.70. The SMILES string of the molecule is Cc1cc(/C=C2\C(=O)NC(=O)N(c3ccc(Cl)c(Cl)c3)C2=O)c(C)n1-c1cc(C(=O)O)cc(C(=O)O)c1. The first-order chi connectivity index (χ1) is 17.4. The molecular formula is C25H17Cl2N3O7. The normalized spacial score (nSPS) is 14.8. The molecule has 10 nitrogen and oxygen atoms in total. The molecule has 1 saturated heterocycles. The number of carbonyl (C=O) groups excluding carboxylic acids is 3. The molecule has 1 fully saturated rings. The molecule has 2 heterocycles. The highest BCUT2D eigenvalue weighted by Crippen LogP contribution is 2.30. The molecule has 4 rings (SSSR count). The molecule has 0 saturated carbocycles. The number of barbiturate groups is 1. The van der Waals surface area contributed by atoms with Gasteiger partial charge in [0, 0.05) is 17.1 Å². The van der Waals surface area contributed by atoms with Crippen LogP contribution in [0.3, 0.4) is 0 Å². The van der Waals surface area contributed by atoms with Gasteiger partial charge in [-0.3, -0.25) is 14.9 Å². The number of anilines is 1. The molecule has 1 aliphatic rings. The lowest BCUT2D eigenvalue weighted by molar-refractivity contribution is -0.122. The number of aromatic nitrogens is 1. The molecule has 0 bridgehead atoms. The topological polar surface area (TPSA) is 146 Å². The predicted molar refractivity (Wildman–Crippen MR) is 135 cm³/mol. The summed E-state index contributed by atoms with van der Waals surface area (Å²) in [6, 6.07) is 8.48.